The molecule has 2 fully saturated rings. The molecule has 0 aromatic heterocycles. The van der Waals surface area contributed by atoms with Crippen molar-refractivity contribution in [3.05, 3.63) is 40.6 Å². The summed E-state index contributed by atoms with van der Waals surface area (Å²) in [5, 5.41) is 3.46. The van der Waals surface area contributed by atoms with Crippen LogP contribution in [0.2, 0.25) is 0 Å². The van der Waals surface area contributed by atoms with Crippen molar-refractivity contribution >= 4 is 16.2 Å². The minimum Gasteiger partial charge on any atom is -0.381 e. The maximum atomic E-state index is 12.5. The predicted octanol–water partition coefficient (Wildman–Crippen LogP) is 4.09. The van der Waals surface area contributed by atoms with E-state index in [0.717, 1.165) is 30.6 Å². The quantitative estimate of drug-likeness (QED) is 0.612. The molecule has 0 bridgehead atoms. The number of hydrogen-bond donors (Lipinski definition) is 1. The highest BCUT2D eigenvalue weighted by atomic mass is 32.2. The lowest BCUT2D eigenvalue weighted by atomic mass is 9.83. The third-order valence-electron chi connectivity index (χ3n) is 6.13. The Labute approximate surface area is 156 Å². The van der Waals surface area contributed by atoms with Crippen LogP contribution in [0.3, 0.4) is 0 Å². The van der Waals surface area contributed by atoms with Gasteiger partial charge in [-0.2, -0.15) is 21.6 Å². The lowest BCUT2D eigenvalue weighted by molar-refractivity contribution is -0.0522. The van der Waals surface area contributed by atoms with Gasteiger partial charge in [-0.25, -0.2) is 0 Å². The molecule has 3 aliphatic rings. The Bertz CT molecular complexity index is 871. The Morgan fingerprint density at radius 2 is 2.00 bits per heavy atom. The number of alkyl halides is 3. The molecule has 148 valence electrons. The topological polar surface area (TPSA) is 55.4 Å². The number of rotatable bonds is 3. The second-order valence-electron chi connectivity index (χ2n) is 7.92. The van der Waals surface area contributed by atoms with Crippen molar-refractivity contribution < 1.29 is 25.8 Å². The summed E-state index contributed by atoms with van der Waals surface area (Å²) in [5.41, 5.74) is -1.94. The highest BCUT2D eigenvalue weighted by Crippen LogP contribution is 2.50. The maximum absolute atomic E-state index is 12.5. The highest BCUT2D eigenvalue weighted by molar-refractivity contribution is 7.87. The Kier molecular flexibility index (Phi) is 4.54. The van der Waals surface area contributed by atoms with Gasteiger partial charge in [0.15, 0.2) is 0 Å². The highest BCUT2D eigenvalue weighted by Gasteiger charge is 2.49. The van der Waals surface area contributed by atoms with Crippen LogP contribution in [0.5, 0.6) is 0 Å². The van der Waals surface area contributed by atoms with Gasteiger partial charge in [0, 0.05) is 13.0 Å². The second kappa shape index (κ2) is 6.51. The number of fused-ring (bicyclic) bond motifs is 1. The average Bonchev–Trinajstić information content (AvgIpc) is 3.23. The first-order valence-corrected chi connectivity index (χ1v) is 10.6. The van der Waals surface area contributed by atoms with Crippen LogP contribution in [-0.2, 0) is 20.7 Å². The summed E-state index contributed by atoms with van der Waals surface area (Å²) in [7, 11) is -5.61. The molecule has 1 aromatic rings. The van der Waals surface area contributed by atoms with Gasteiger partial charge >= 0.3 is 15.6 Å². The lowest BCUT2D eigenvalue weighted by Gasteiger charge is -2.23. The smallest absolute Gasteiger partial charge is 0.381 e. The number of halogens is 3. The zero-order valence-corrected chi connectivity index (χ0v) is 15.6. The summed E-state index contributed by atoms with van der Waals surface area (Å²) in [6, 6.07) is 6.01. The van der Waals surface area contributed by atoms with E-state index in [9.17, 15) is 21.6 Å². The molecule has 0 unspecified atom stereocenters. The van der Waals surface area contributed by atoms with Crippen LogP contribution in [0.15, 0.2) is 24.0 Å². The molecule has 0 amide bonds. The van der Waals surface area contributed by atoms with E-state index in [1.54, 1.807) is 0 Å². The largest absolute Gasteiger partial charge is 0.534 e. The van der Waals surface area contributed by atoms with Gasteiger partial charge in [-0.05, 0) is 72.7 Å². The molecule has 1 heterocycles. The summed E-state index contributed by atoms with van der Waals surface area (Å²) in [6.07, 6.45) is 6.82. The van der Waals surface area contributed by atoms with Crippen LogP contribution >= 0.6 is 0 Å². The molecule has 1 saturated carbocycles. The standard InChI is InChI=1S/C19H22F3NO3S/c20-19(21,22)27(24,25)26-17-4-3-13-9-14(1-2-15(13)10-17)16-5-6-18(11-16)7-8-23-12-18/h1-2,9-10,16,23H,3-8,11-12H2/t16-,18-/m0/s1. The van der Waals surface area contributed by atoms with Crippen LogP contribution in [0, 0.1) is 5.41 Å². The number of nitrogens with one attached hydrogen (secondary N) is 1. The summed E-state index contributed by atoms with van der Waals surface area (Å²) >= 11 is 0. The van der Waals surface area contributed by atoms with E-state index in [2.05, 4.69) is 15.6 Å². The van der Waals surface area contributed by atoms with E-state index < -0.39 is 15.6 Å². The molecule has 1 N–H and O–H groups in total. The summed E-state index contributed by atoms with van der Waals surface area (Å²) < 4.78 is 64.1. The van der Waals surface area contributed by atoms with Crippen LogP contribution in [0.25, 0.3) is 6.08 Å². The van der Waals surface area contributed by atoms with Crippen molar-refractivity contribution in [2.45, 2.75) is 50.0 Å². The van der Waals surface area contributed by atoms with E-state index in [1.807, 2.05) is 12.1 Å². The fourth-order valence-corrected chi connectivity index (χ4v) is 5.18. The van der Waals surface area contributed by atoms with E-state index in [0.29, 0.717) is 17.8 Å². The fourth-order valence-electron chi connectivity index (χ4n) is 4.67. The third kappa shape index (κ3) is 3.61. The third-order valence-corrected chi connectivity index (χ3v) is 7.13. The summed E-state index contributed by atoms with van der Waals surface area (Å²) in [4.78, 5) is 0. The van der Waals surface area contributed by atoms with Crippen molar-refractivity contribution in [2.24, 2.45) is 5.41 Å². The van der Waals surface area contributed by atoms with E-state index in [1.165, 1.54) is 30.9 Å². The van der Waals surface area contributed by atoms with Gasteiger partial charge in [0.2, 0.25) is 0 Å². The molecule has 2 atom stereocenters. The van der Waals surface area contributed by atoms with E-state index in [-0.39, 0.29) is 12.2 Å². The summed E-state index contributed by atoms with van der Waals surface area (Å²) in [6.45, 7) is 2.18. The first-order valence-electron chi connectivity index (χ1n) is 9.22. The van der Waals surface area contributed by atoms with Crippen molar-refractivity contribution in [2.75, 3.05) is 13.1 Å². The second-order valence-corrected chi connectivity index (χ2v) is 9.46. The van der Waals surface area contributed by atoms with E-state index in [4.69, 9.17) is 0 Å². The SMILES string of the molecule is O=S(=O)(OC1=Cc2ccc([C@H]3CC[C@]4(CCNC4)C3)cc2CC1)C(F)(F)F. The van der Waals surface area contributed by atoms with Gasteiger partial charge in [-0.1, -0.05) is 18.2 Å². The molecule has 4 rings (SSSR count). The Morgan fingerprint density at radius 1 is 1.19 bits per heavy atom. The number of hydrogen-bond acceptors (Lipinski definition) is 4. The Balaban J connectivity index is 1.51. The molecule has 8 heteroatoms. The zero-order chi connectivity index (χ0) is 19.3. The predicted molar refractivity (Wildman–Crippen MR) is 95.3 cm³/mol. The van der Waals surface area contributed by atoms with Crippen LogP contribution < -0.4 is 5.32 Å². The van der Waals surface area contributed by atoms with Gasteiger partial charge < -0.3 is 9.50 Å². The number of allylic oxidation sites excluding steroid dienone is 1. The molecule has 1 saturated heterocycles. The molecule has 0 radical (unpaired) electrons. The van der Waals surface area contributed by atoms with Gasteiger partial charge in [0.05, 0.1) is 0 Å². The molecule has 1 aliphatic heterocycles. The Morgan fingerprint density at radius 3 is 2.70 bits per heavy atom. The summed E-state index contributed by atoms with van der Waals surface area (Å²) in [5.74, 6) is 0.354. The van der Waals surface area contributed by atoms with Crippen LogP contribution in [0.1, 0.15) is 54.7 Å². The minimum absolute atomic E-state index is 0.143. The number of benzene rings is 1. The maximum Gasteiger partial charge on any atom is 0.534 e. The van der Waals surface area contributed by atoms with Crippen LogP contribution in [-0.4, -0.2) is 27.0 Å². The van der Waals surface area contributed by atoms with E-state index >= 15 is 0 Å². The first kappa shape index (κ1) is 18.8. The monoisotopic (exact) mass is 401 g/mol. The van der Waals surface area contributed by atoms with Gasteiger partial charge in [0.25, 0.3) is 0 Å². The molecule has 1 spiro atoms. The molecular weight excluding hydrogens is 379 g/mol. The van der Waals surface area contributed by atoms with Gasteiger partial charge in [-0.15, -0.1) is 0 Å². The molecular formula is C19H22F3NO3S. The molecule has 4 nitrogen and oxygen atoms in total. The van der Waals surface area contributed by atoms with Crippen LogP contribution in [0.4, 0.5) is 13.2 Å². The average molecular weight is 401 g/mol. The van der Waals surface area contributed by atoms with Crippen molar-refractivity contribution in [3.8, 4) is 0 Å². The molecule has 1 aromatic carbocycles. The van der Waals surface area contributed by atoms with Gasteiger partial charge in [-0.3, -0.25) is 0 Å². The van der Waals surface area contributed by atoms with Crippen molar-refractivity contribution in [1.29, 1.82) is 0 Å². The first-order chi connectivity index (χ1) is 12.7. The van der Waals surface area contributed by atoms with Gasteiger partial charge in [0.1, 0.15) is 5.76 Å². The Hall–Kier alpha value is -1.54. The fraction of sp³-hybridized carbons (Fsp3) is 0.579. The van der Waals surface area contributed by atoms with Crippen molar-refractivity contribution in [3.63, 3.8) is 0 Å². The normalized spacial score (nSPS) is 28.3. The lowest BCUT2D eigenvalue weighted by Crippen LogP contribution is -2.25. The zero-order valence-electron chi connectivity index (χ0n) is 14.8. The number of aryl methyl sites for hydroxylation is 1. The minimum atomic E-state index is -5.61. The molecule has 27 heavy (non-hydrogen) atoms. The molecule has 2 aliphatic carbocycles. The van der Waals surface area contributed by atoms with Crippen molar-refractivity contribution in [1.82, 2.24) is 5.32 Å².